The predicted octanol–water partition coefficient (Wildman–Crippen LogP) is 2.15. The Labute approximate surface area is 71.9 Å². The molecule has 0 bridgehead atoms. The minimum atomic E-state index is 0.0306. The van der Waals surface area contributed by atoms with Gasteiger partial charge in [0, 0.05) is 12.6 Å². The molecule has 2 heteroatoms. The Kier molecular flexibility index (Phi) is 2.75. The minimum Gasteiger partial charge on any atom is -0.292 e. The maximum Gasteiger partial charge on any atom is 0.185 e. The molecule has 0 aliphatic heterocycles. The van der Waals surface area contributed by atoms with Crippen molar-refractivity contribution in [3.63, 3.8) is 0 Å². The zero-order valence-corrected chi connectivity index (χ0v) is 7.08. The van der Waals surface area contributed by atoms with Crippen molar-refractivity contribution < 1.29 is 4.79 Å². The molecule has 12 heavy (non-hydrogen) atoms. The molecule has 0 amide bonds. The number of carbonyl (C=O) groups is 1. The summed E-state index contributed by atoms with van der Waals surface area (Å²) in [6, 6.07) is 3.70. The Bertz CT molecular complexity index is 304. The molecule has 0 spiro atoms. The van der Waals surface area contributed by atoms with Crippen molar-refractivity contribution in [1.29, 1.82) is 0 Å². The molecular weight excluding hydrogens is 150 g/mol. The van der Waals surface area contributed by atoms with Crippen LogP contribution in [-0.4, -0.2) is 10.8 Å². The fourth-order valence-electron chi connectivity index (χ4n) is 1.01. The van der Waals surface area contributed by atoms with E-state index < -0.39 is 0 Å². The van der Waals surface area contributed by atoms with E-state index in [1.807, 2.05) is 19.1 Å². The highest BCUT2D eigenvalue weighted by molar-refractivity contribution is 5.96. The number of Topliss-reactive ketones (excluding diaryl/α,β-unsaturated/α-hetero) is 1. The Hall–Kier alpha value is -1.44. The standard InChI is InChI=1S/C10H11NO/c1-3-5-9(12)10-8(2)6-4-7-11-10/h3-4,6-7H,1,5H2,2H3. The number of carbonyl (C=O) groups excluding carboxylic acids is 1. The van der Waals surface area contributed by atoms with Gasteiger partial charge in [-0.15, -0.1) is 6.58 Å². The summed E-state index contributed by atoms with van der Waals surface area (Å²) in [7, 11) is 0. The van der Waals surface area contributed by atoms with Gasteiger partial charge in [0.1, 0.15) is 5.69 Å². The maximum absolute atomic E-state index is 11.3. The van der Waals surface area contributed by atoms with Crippen LogP contribution in [0, 0.1) is 6.92 Å². The molecular formula is C10H11NO. The molecule has 0 fully saturated rings. The zero-order chi connectivity index (χ0) is 8.97. The molecule has 0 aliphatic carbocycles. The van der Waals surface area contributed by atoms with Gasteiger partial charge in [0.25, 0.3) is 0 Å². The number of allylic oxidation sites excluding steroid dienone is 1. The smallest absolute Gasteiger partial charge is 0.185 e. The van der Waals surface area contributed by atoms with E-state index in [0.717, 1.165) is 5.56 Å². The van der Waals surface area contributed by atoms with Gasteiger partial charge in [-0.3, -0.25) is 9.78 Å². The average molecular weight is 161 g/mol. The second kappa shape index (κ2) is 3.81. The van der Waals surface area contributed by atoms with Crippen LogP contribution < -0.4 is 0 Å². The number of aromatic nitrogens is 1. The lowest BCUT2D eigenvalue weighted by Crippen LogP contribution is -2.02. The summed E-state index contributed by atoms with van der Waals surface area (Å²) < 4.78 is 0. The quantitative estimate of drug-likeness (QED) is 0.502. The normalized spacial score (nSPS) is 9.42. The Morgan fingerprint density at radius 3 is 3.08 bits per heavy atom. The molecule has 0 atom stereocenters. The molecule has 1 aromatic heterocycles. The van der Waals surface area contributed by atoms with E-state index in [0.29, 0.717) is 12.1 Å². The number of rotatable bonds is 3. The lowest BCUT2D eigenvalue weighted by Gasteiger charge is -1.99. The van der Waals surface area contributed by atoms with Crippen molar-refractivity contribution >= 4 is 5.78 Å². The van der Waals surface area contributed by atoms with Crippen LogP contribution in [-0.2, 0) is 0 Å². The van der Waals surface area contributed by atoms with Gasteiger partial charge < -0.3 is 0 Å². The van der Waals surface area contributed by atoms with Gasteiger partial charge in [0.2, 0.25) is 0 Å². The number of hydrogen-bond acceptors (Lipinski definition) is 2. The number of nitrogens with zero attached hydrogens (tertiary/aromatic N) is 1. The highest BCUT2D eigenvalue weighted by Gasteiger charge is 2.06. The van der Waals surface area contributed by atoms with Crippen LogP contribution in [0.3, 0.4) is 0 Å². The third-order valence-electron chi connectivity index (χ3n) is 1.60. The summed E-state index contributed by atoms with van der Waals surface area (Å²) in [4.78, 5) is 15.3. The molecule has 0 saturated heterocycles. The molecule has 0 aromatic carbocycles. The Balaban J connectivity index is 2.94. The van der Waals surface area contributed by atoms with Gasteiger partial charge in [-0.2, -0.15) is 0 Å². The van der Waals surface area contributed by atoms with Crippen molar-refractivity contribution in [2.75, 3.05) is 0 Å². The topological polar surface area (TPSA) is 30.0 Å². The van der Waals surface area contributed by atoms with Crippen LogP contribution in [0.15, 0.2) is 31.0 Å². The molecule has 2 nitrogen and oxygen atoms in total. The number of ketones is 1. The fourth-order valence-corrected chi connectivity index (χ4v) is 1.01. The van der Waals surface area contributed by atoms with Crippen molar-refractivity contribution in [1.82, 2.24) is 4.98 Å². The average Bonchev–Trinajstić information content (AvgIpc) is 2.05. The third-order valence-corrected chi connectivity index (χ3v) is 1.60. The first-order chi connectivity index (χ1) is 5.75. The Morgan fingerprint density at radius 2 is 2.50 bits per heavy atom. The largest absolute Gasteiger partial charge is 0.292 e. The summed E-state index contributed by atoms with van der Waals surface area (Å²) in [5.41, 5.74) is 1.47. The monoisotopic (exact) mass is 161 g/mol. The lowest BCUT2D eigenvalue weighted by atomic mass is 10.1. The van der Waals surface area contributed by atoms with Crippen molar-refractivity contribution in [3.8, 4) is 0 Å². The van der Waals surface area contributed by atoms with E-state index in [1.165, 1.54) is 0 Å². The second-order valence-electron chi connectivity index (χ2n) is 2.58. The van der Waals surface area contributed by atoms with Crippen LogP contribution in [0.5, 0.6) is 0 Å². The van der Waals surface area contributed by atoms with Gasteiger partial charge >= 0.3 is 0 Å². The zero-order valence-electron chi connectivity index (χ0n) is 7.08. The van der Waals surface area contributed by atoms with Crippen LogP contribution in [0.2, 0.25) is 0 Å². The molecule has 0 saturated carbocycles. The predicted molar refractivity (Wildman–Crippen MR) is 48.1 cm³/mol. The number of hydrogen-bond donors (Lipinski definition) is 0. The summed E-state index contributed by atoms with van der Waals surface area (Å²) in [6.45, 7) is 5.39. The van der Waals surface area contributed by atoms with E-state index in [1.54, 1.807) is 12.3 Å². The van der Waals surface area contributed by atoms with Crippen LogP contribution >= 0.6 is 0 Å². The molecule has 62 valence electrons. The molecule has 1 rings (SSSR count). The summed E-state index contributed by atoms with van der Waals surface area (Å²) in [5.74, 6) is 0.0306. The van der Waals surface area contributed by atoms with E-state index in [4.69, 9.17) is 0 Å². The van der Waals surface area contributed by atoms with Gasteiger partial charge in [-0.25, -0.2) is 0 Å². The van der Waals surface area contributed by atoms with E-state index in [9.17, 15) is 4.79 Å². The molecule has 0 N–H and O–H groups in total. The number of pyridine rings is 1. The summed E-state index contributed by atoms with van der Waals surface area (Å²) in [6.07, 6.45) is 3.58. The molecule has 0 radical (unpaired) electrons. The number of aryl methyl sites for hydroxylation is 1. The molecule has 0 unspecified atom stereocenters. The van der Waals surface area contributed by atoms with Crippen molar-refractivity contribution in [2.45, 2.75) is 13.3 Å². The first-order valence-electron chi connectivity index (χ1n) is 3.81. The van der Waals surface area contributed by atoms with Crippen LogP contribution in [0.4, 0.5) is 0 Å². The van der Waals surface area contributed by atoms with Gasteiger partial charge in [-0.05, 0) is 18.6 Å². The Morgan fingerprint density at radius 1 is 1.75 bits per heavy atom. The maximum atomic E-state index is 11.3. The van der Waals surface area contributed by atoms with Gasteiger partial charge in [-0.1, -0.05) is 12.1 Å². The summed E-state index contributed by atoms with van der Waals surface area (Å²) in [5, 5.41) is 0. The highest BCUT2D eigenvalue weighted by Crippen LogP contribution is 2.05. The SMILES string of the molecule is C=CCC(=O)c1ncccc1C. The highest BCUT2D eigenvalue weighted by atomic mass is 16.1. The van der Waals surface area contributed by atoms with Crippen LogP contribution in [0.1, 0.15) is 22.5 Å². The van der Waals surface area contributed by atoms with Gasteiger partial charge in [0.15, 0.2) is 5.78 Å². The fraction of sp³-hybridized carbons (Fsp3) is 0.200. The molecule has 0 aliphatic rings. The summed E-state index contributed by atoms with van der Waals surface area (Å²) >= 11 is 0. The first-order valence-corrected chi connectivity index (χ1v) is 3.81. The van der Waals surface area contributed by atoms with Gasteiger partial charge in [0.05, 0.1) is 0 Å². The molecule has 1 heterocycles. The van der Waals surface area contributed by atoms with E-state index in [-0.39, 0.29) is 5.78 Å². The molecule has 1 aromatic rings. The first kappa shape index (κ1) is 8.65. The van der Waals surface area contributed by atoms with Crippen molar-refractivity contribution in [2.24, 2.45) is 0 Å². The van der Waals surface area contributed by atoms with E-state index >= 15 is 0 Å². The lowest BCUT2D eigenvalue weighted by molar-refractivity contribution is 0.0990. The third kappa shape index (κ3) is 1.78. The van der Waals surface area contributed by atoms with E-state index in [2.05, 4.69) is 11.6 Å². The minimum absolute atomic E-state index is 0.0306. The second-order valence-corrected chi connectivity index (χ2v) is 2.58. The van der Waals surface area contributed by atoms with Crippen molar-refractivity contribution in [3.05, 3.63) is 42.2 Å². The van der Waals surface area contributed by atoms with Crippen LogP contribution in [0.25, 0.3) is 0 Å².